The van der Waals surface area contributed by atoms with Crippen molar-refractivity contribution in [3.05, 3.63) is 75.1 Å². The Hall–Kier alpha value is -1.85. The Bertz CT molecular complexity index is 854. The summed E-state index contributed by atoms with van der Waals surface area (Å²) in [5, 5.41) is -0.0116. The molecule has 0 bridgehead atoms. The maximum Gasteiger partial charge on any atom is 0.205 e. The van der Waals surface area contributed by atoms with E-state index in [1.54, 1.807) is 11.1 Å². The van der Waals surface area contributed by atoms with Gasteiger partial charge >= 0.3 is 0 Å². The smallest absolute Gasteiger partial charge is 0.205 e. The van der Waals surface area contributed by atoms with Gasteiger partial charge in [-0.25, -0.2) is 4.39 Å². The van der Waals surface area contributed by atoms with Crippen molar-refractivity contribution in [1.29, 1.82) is 0 Å². The number of ketones is 1. The minimum atomic E-state index is -1.24. The highest BCUT2D eigenvalue weighted by molar-refractivity contribution is 9.10. The van der Waals surface area contributed by atoms with Gasteiger partial charge < -0.3 is 9.64 Å². The van der Waals surface area contributed by atoms with E-state index in [1.807, 2.05) is 44.4 Å². The summed E-state index contributed by atoms with van der Waals surface area (Å²) in [6, 6.07) is 10.4. The second-order valence-corrected chi connectivity index (χ2v) is 7.25. The van der Waals surface area contributed by atoms with Gasteiger partial charge in [0, 0.05) is 54.5 Å². The predicted octanol–water partition coefficient (Wildman–Crippen LogP) is 4.72. The second kappa shape index (κ2) is 6.81. The van der Waals surface area contributed by atoms with Gasteiger partial charge in [0.15, 0.2) is 5.60 Å². The van der Waals surface area contributed by atoms with Crippen LogP contribution in [0.5, 0.6) is 5.75 Å². The number of fused-ring (bicyclic) bond motifs is 1. The number of benzene rings is 2. The third-order valence-electron chi connectivity index (χ3n) is 4.09. The minimum absolute atomic E-state index is 0.0116. The molecule has 0 fully saturated rings. The molecule has 0 N–H and O–H groups in total. The minimum Gasteiger partial charge on any atom is -0.474 e. The average Bonchev–Trinajstić information content (AvgIpc) is 2.99. The molecule has 25 heavy (non-hydrogen) atoms. The number of hydrogen-bond donors (Lipinski definition) is 0. The molecule has 0 aromatic heterocycles. The van der Waals surface area contributed by atoms with Crippen molar-refractivity contribution >= 4 is 33.3 Å². The molecule has 1 atom stereocenters. The van der Waals surface area contributed by atoms with Crippen LogP contribution in [-0.2, 0) is 16.8 Å². The summed E-state index contributed by atoms with van der Waals surface area (Å²) in [4.78, 5) is 14.8. The highest BCUT2D eigenvalue weighted by Crippen LogP contribution is 2.48. The van der Waals surface area contributed by atoms with Gasteiger partial charge in [-0.15, -0.1) is 0 Å². The molecule has 0 spiro atoms. The van der Waals surface area contributed by atoms with Crippen LogP contribution in [0.4, 0.5) is 4.39 Å². The lowest BCUT2D eigenvalue weighted by molar-refractivity contribution is -0.128. The van der Waals surface area contributed by atoms with Crippen LogP contribution in [0.25, 0.3) is 0 Å². The van der Waals surface area contributed by atoms with Crippen molar-refractivity contribution in [2.45, 2.75) is 12.0 Å². The Morgan fingerprint density at radius 3 is 2.68 bits per heavy atom. The Kier molecular flexibility index (Phi) is 4.89. The SMILES string of the molecule is CN(C)/C=C/C(=O)[C@@]1(c2ccccc2)Cc2c(cc(F)c(Cl)c2Br)O1. The van der Waals surface area contributed by atoms with E-state index in [2.05, 4.69) is 15.9 Å². The lowest BCUT2D eigenvalue weighted by Crippen LogP contribution is -2.39. The molecule has 0 amide bonds. The number of carbonyl (C=O) groups excluding carboxylic acids is 1. The summed E-state index contributed by atoms with van der Waals surface area (Å²) in [5.41, 5.74) is 0.153. The van der Waals surface area contributed by atoms with Crippen LogP contribution >= 0.6 is 27.5 Å². The Balaban J connectivity index is 2.12. The van der Waals surface area contributed by atoms with Crippen LogP contribution in [0.2, 0.25) is 5.02 Å². The molecule has 0 unspecified atom stereocenters. The van der Waals surface area contributed by atoms with E-state index < -0.39 is 11.4 Å². The van der Waals surface area contributed by atoms with E-state index in [1.165, 1.54) is 12.1 Å². The Labute approximate surface area is 159 Å². The van der Waals surface area contributed by atoms with Crippen LogP contribution in [0.3, 0.4) is 0 Å². The molecule has 3 rings (SSSR count). The Morgan fingerprint density at radius 1 is 1.36 bits per heavy atom. The molecule has 0 saturated heterocycles. The Morgan fingerprint density at radius 2 is 2.04 bits per heavy atom. The first-order valence-corrected chi connectivity index (χ1v) is 8.82. The van der Waals surface area contributed by atoms with E-state index in [0.717, 1.165) is 0 Å². The quantitative estimate of drug-likeness (QED) is 0.525. The number of hydrogen-bond acceptors (Lipinski definition) is 3. The van der Waals surface area contributed by atoms with Crippen molar-refractivity contribution in [1.82, 2.24) is 4.90 Å². The molecule has 1 aliphatic rings. The first-order valence-electron chi connectivity index (χ1n) is 7.65. The van der Waals surface area contributed by atoms with Gasteiger partial charge in [-0.1, -0.05) is 41.9 Å². The summed E-state index contributed by atoms with van der Waals surface area (Å²) >= 11 is 9.33. The topological polar surface area (TPSA) is 29.5 Å². The van der Waals surface area contributed by atoms with Crippen LogP contribution < -0.4 is 4.74 Å². The maximum absolute atomic E-state index is 14.0. The number of carbonyl (C=O) groups is 1. The second-order valence-electron chi connectivity index (χ2n) is 6.08. The van der Waals surface area contributed by atoms with E-state index in [0.29, 0.717) is 21.3 Å². The molecule has 130 valence electrons. The van der Waals surface area contributed by atoms with Crippen LogP contribution in [0.1, 0.15) is 11.1 Å². The first-order chi connectivity index (χ1) is 11.8. The van der Waals surface area contributed by atoms with Gasteiger partial charge in [0.25, 0.3) is 0 Å². The molecule has 0 saturated carbocycles. The summed E-state index contributed by atoms with van der Waals surface area (Å²) in [6.07, 6.45) is 3.41. The van der Waals surface area contributed by atoms with E-state index >= 15 is 0 Å². The molecule has 0 aliphatic carbocycles. The number of ether oxygens (including phenoxy) is 1. The molecule has 3 nitrogen and oxygen atoms in total. The van der Waals surface area contributed by atoms with Crippen molar-refractivity contribution in [2.75, 3.05) is 14.1 Å². The van der Waals surface area contributed by atoms with Gasteiger partial charge in [0.2, 0.25) is 5.78 Å². The van der Waals surface area contributed by atoms with Crippen LogP contribution in [0, 0.1) is 5.82 Å². The summed E-state index contributed by atoms with van der Waals surface area (Å²) < 4.78 is 20.5. The predicted molar refractivity (Wildman–Crippen MR) is 99.4 cm³/mol. The fourth-order valence-electron chi connectivity index (χ4n) is 2.84. The normalized spacial score (nSPS) is 18.9. The van der Waals surface area contributed by atoms with Crippen molar-refractivity contribution < 1.29 is 13.9 Å². The number of halogens is 3. The standard InChI is InChI=1S/C19H16BrClFNO2/c1-23(2)9-8-16(24)19(12-6-4-3-5-7-12)11-13-15(25-19)10-14(22)18(21)17(13)20/h3-10H,11H2,1-2H3/b9-8+/t19-/m0/s1. The molecule has 2 aromatic rings. The monoisotopic (exact) mass is 423 g/mol. The van der Waals surface area contributed by atoms with Gasteiger partial charge in [-0.2, -0.15) is 0 Å². The zero-order valence-electron chi connectivity index (χ0n) is 13.7. The summed E-state index contributed by atoms with van der Waals surface area (Å²) in [5.74, 6) is -0.483. The molecule has 6 heteroatoms. The van der Waals surface area contributed by atoms with Crippen molar-refractivity contribution in [3.8, 4) is 5.75 Å². The van der Waals surface area contributed by atoms with Crippen molar-refractivity contribution in [3.63, 3.8) is 0 Å². The lowest BCUT2D eigenvalue weighted by atomic mass is 9.85. The van der Waals surface area contributed by atoms with E-state index in [9.17, 15) is 9.18 Å². The van der Waals surface area contributed by atoms with Gasteiger partial charge in [-0.3, -0.25) is 4.79 Å². The molecule has 1 aliphatic heterocycles. The van der Waals surface area contributed by atoms with Gasteiger partial charge in [-0.05, 0) is 15.9 Å². The maximum atomic E-state index is 14.0. The molecular weight excluding hydrogens is 409 g/mol. The van der Waals surface area contributed by atoms with E-state index in [-0.39, 0.29) is 17.2 Å². The van der Waals surface area contributed by atoms with Crippen molar-refractivity contribution in [2.24, 2.45) is 0 Å². The number of nitrogens with zero attached hydrogens (tertiary/aromatic N) is 1. The highest BCUT2D eigenvalue weighted by Gasteiger charge is 2.47. The summed E-state index contributed by atoms with van der Waals surface area (Å²) in [6.45, 7) is 0. The highest BCUT2D eigenvalue weighted by atomic mass is 79.9. The van der Waals surface area contributed by atoms with E-state index in [4.69, 9.17) is 16.3 Å². The third kappa shape index (κ3) is 3.18. The fourth-order valence-corrected chi connectivity index (χ4v) is 3.53. The summed E-state index contributed by atoms with van der Waals surface area (Å²) in [7, 11) is 3.66. The third-order valence-corrected chi connectivity index (χ3v) is 5.57. The average molecular weight is 425 g/mol. The van der Waals surface area contributed by atoms with Gasteiger partial charge in [0.1, 0.15) is 11.6 Å². The van der Waals surface area contributed by atoms with Gasteiger partial charge in [0.05, 0.1) is 5.02 Å². The molecular formula is C19H16BrClFNO2. The first kappa shape index (κ1) is 18.0. The fraction of sp³-hybridized carbons (Fsp3) is 0.211. The van der Waals surface area contributed by atoms with Crippen LogP contribution in [-0.4, -0.2) is 24.8 Å². The lowest BCUT2D eigenvalue weighted by Gasteiger charge is -2.27. The number of rotatable bonds is 4. The zero-order valence-corrected chi connectivity index (χ0v) is 16.1. The largest absolute Gasteiger partial charge is 0.474 e. The molecule has 2 aromatic carbocycles. The molecule has 0 radical (unpaired) electrons. The molecule has 1 heterocycles. The van der Waals surface area contributed by atoms with Crippen LogP contribution in [0.15, 0.2) is 53.1 Å². The zero-order chi connectivity index (χ0) is 18.2.